The van der Waals surface area contributed by atoms with Crippen molar-refractivity contribution in [2.75, 3.05) is 26.2 Å². The predicted molar refractivity (Wildman–Crippen MR) is 87.5 cm³/mol. The normalized spacial score (nSPS) is 27.8. The van der Waals surface area contributed by atoms with Gasteiger partial charge in [-0.2, -0.15) is 5.26 Å². The molecule has 2 aliphatic rings. The molecule has 0 radical (unpaired) electrons. The van der Waals surface area contributed by atoms with Gasteiger partial charge >= 0.3 is 0 Å². The van der Waals surface area contributed by atoms with E-state index in [1.807, 2.05) is 11.3 Å². The Morgan fingerprint density at radius 3 is 2.90 bits per heavy atom. The Balaban J connectivity index is 1.58. The van der Waals surface area contributed by atoms with Crippen molar-refractivity contribution in [2.45, 2.75) is 44.1 Å². The molecule has 3 nitrogen and oxygen atoms in total. The van der Waals surface area contributed by atoms with Crippen LogP contribution in [-0.4, -0.2) is 37.1 Å². The number of nitriles is 1. The van der Waals surface area contributed by atoms with Crippen molar-refractivity contribution in [3.05, 3.63) is 22.4 Å². The van der Waals surface area contributed by atoms with Crippen LogP contribution in [0.1, 0.15) is 42.9 Å². The van der Waals surface area contributed by atoms with Gasteiger partial charge < -0.3 is 5.32 Å². The molecule has 0 aromatic carbocycles. The summed E-state index contributed by atoms with van der Waals surface area (Å²) in [5, 5.41) is 15.0. The van der Waals surface area contributed by atoms with Crippen LogP contribution in [0.25, 0.3) is 0 Å². The first kappa shape index (κ1) is 15.0. The molecule has 1 aromatic rings. The first-order chi connectivity index (χ1) is 10.3. The summed E-state index contributed by atoms with van der Waals surface area (Å²) < 4.78 is 0. The van der Waals surface area contributed by atoms with E-state index in [0.717, 1.165) is 19.0 Å². The van der Waals surface area contributed by atoms with Gasteiger partial charge in [-0.1, -0.05) is 18.9 Å². The fourth-order valence-corrected chi connectivity index (χ4v) is 4.68. The molecule has 0 spiro atoms. The molecule has 4 heteroatoms. The van der Waals surface area contributed by atoms with E-state index < -0.39 is 0 Å². The molecule has 2 fully saturated rings. The molecule has 114 valence electrons. The maximum absolute atomic E-state index is 9.01. The van der Waals surface area contributed by atoms with Gasteiger partial charge in [0.15, 0.2) is 0 Å². The third kappa shape index (κ3) is 4.06. The van der Waals surface area contributed by atoms with Crippen LogP contribution in [0.4, 0.5) is 0 Å². The van der Waals surface area contributed by atoms with Crippen molar-refractivity contribution in [1.82, 2.24) is 10.2 Å². The highest BCUT2D eigenvalue weighted by atomic mass is 32.1. The number of nitrogens with zero attached hydrogens (tertiary/aromatic N) is 2. The van der Waals surface area contributed by atoms with E-state index in [9.17, 15) is 0 Å². The lowest BCUT2D eigenvalue weighted by Gasteiger charge is -2.37. The van der Waals surface area contributed by atoms with E-state index in [1.54, 1.807) is 0 Å². The number of hydrogen-bond acceptors (Lipinski definition) is 4. The number of rotatable bonds is 5. The second-order valence-corrected chi connectivity index (χ2v) is 7.54. The zero-order valence-electron chi connectivity index (χ0n) is 12.6. The van der Waals surface area contributed by atoms with Crippen LogP contribution in [0, 0.1) is 17.2 Å². The van der Waals surface area contributed by atoms with Crippen LogP contribution in [0.15, 0.2) is 17.5 Å². The standard InChI is InChI=1S/C17H25N3S/c18-7-8-20-12-15(17-6-3-9-21-17)10-16(13-20)19-11-14-4-1-2-5-14/h3,6,9,14-16,19H,1-2,4-5,8,10-13H2. The lowest BCUT2D eigenvalue weighted by molar-refractivity contribution is 0.186. The van der Waals surface area contributed by atoms with Crippen LogP contribution >= 0.6 is 11.3 Å². The topological polar surface area (TPSA) is 39.1 Å². The Morgan fingerprint density at radius 1 is 1.33 bits per heavy atom. The van der Waals surface area contributed by atoms with Crippen LogP contribution in [0.3, 0.4) is 0 Å². The van der Waals surface area contributed by atoms with Crippen LogP contribution < -0.4 is 5.32 Å². The lowest BCUT2D eigenvalue weighted by Crippen LogP contribution is -2.49. The number of likely N-dealkylation sites (tertiary alicyclic amines) is 1. The molecule has 2 unspecified atom stereocenters. The summed E-state index contributed by atoms with van der Waals surface area (Å²) in [5.74, 6) is 1.48. The molecule has 0 bridgehead atoms. The maximum Gasteiger partial charge on any atom is 0.0866 e. The largest absolute Gasteiger partial charge is 0.312 e. The van der Waals surface area contributed by atoms with Crippen LogP contribution in [0.2, 0.25) is 0 Å². The monoisotopic (exact) mass is 303 g/mol. The van der Waals surface area contributed by atoms with Crippen molar-refractivity contribution in [3.63, 3.8) is 0 Å². The summed E-state index contributed by atoms with van der Waals surface area (Å²) in [4.78, 5) is 3.80. The van der Waals surface area contributed by atoms with Crippen molar-refractivity contribution >= 4 is 11.3 Å². The number of piperidine rings is 1. The Hall–Kier alpha value is -0.890. The first-order valence-electron chi connectivity index (χ1n) is 8.21. The Labute approximate surface area is 132 Å². The molecular formula is C17H25N3S. The highest BCUT2D eigenvalue weighted by molar-refractivity contribution is 7.10. The van der Waals surface area contributed by atoms with E-state index in [0.29, 0.717) is 18.5 Å². The quantitative estimate of drug-likeness (QED) is 0.849. The molecule has 1 aliphatic heterocycles. The van der Waals surface area contributed by atoms with Gasteiger partial charge in [0.2, 0.25) is 0 Å². The molecular weight excluding hydrogens is 278 g/mol. The second kappa shape index (κ2) is 7.40. The van der Waals surface area contributed by atoms with Gasteiger partial charge in [-0.25, -0.2) is 0 Å². The van der Waals surface area contributed by atoms with E-state index in [4.69, 9.17) is 5.26 Å². The van der Waals surface area contributed by atoms with Crippen molar-refractivity contribution < 1.29 is 0 Å². The van der Waals surface area contributed by atoms with E-state index >= 15 is 0 Å². The third-order valence-electron chi connectivity index (χ3n) is 4.94. The van der Waals surface area contributed by atoms with Gasteiger partial charge in [0.1, 0.15) is 0 Å². The summed E-state index contributed by atoms with van der Waals surface area (Å²) in [6, 6.07) is 7.26. The molecule has 3 rings (SSSR count). The molecule has 0 amide bonds. The van der Waals surface area contributed by atoms with Crippen molar-refractivity contribution in [3.8, 4) is 6.07 Å². The first-order valence-corrected chi connectivity index (χ1v) is 9.09. The summed E-state index contributed by atoms with van der Waals surface area (Å²) in [6.07, 6.45) is 6.84. The van der Waals surface area contributed by atoms with Gasteiger partial charge in [0.05, 0.1) is 12.6 Å². The van der Waals surface area contributed by atoms with Gasteiger partial charge in [-0.15, -0.1) is 11.3 Å². The van der Waals surface area contributed by atoms with Crippen LogP contribution in [0.5, 0.6) is 0 Å². The summed E-state index contributed by atoms with van der Waals surface area (Å²) >= 11 is 1.86. The summed E-state index contributed by atoms with van der Waals surface area (Å²) in [7, 11) is 0. The molecule has 1 saturated heterocycles. The minimum absolute atomic E-state index is 0.541. The summed E-state index contributed by atoms with van der Waals surface area (Å²) in [6.45, 7) is 3.80. The molecule has 1 aromatic heterocycles. The van der Waals surface area contributed by atoms with Gasteiger partial charge in [-0.05, 0) is 43.2 Å². The average Bonchev–Trinajstić information content (AvgIpc) is 3.19. The van der Waals surface area contributed by atoms with Gasteiger partial charge in [-0.3, -0.25) is 4.90 Å². The lowest BCUT2D eigenvalue weighted by atomic mass is 9.92. The molecule has 1 N–H and O–H groups in total. The predicted octanol–water partition coefficient (Wildman–Crippen LogP) is 3.21. The third-order valence-corrected chi connectivity index (χ3v) is 5.97. The Bertz CT molecular complexity index is 459. The molecule has 21 heavy (non-hydrogen) atoms. The molecule has 1 saturated carbocycles. The smallest absolute Gasteiger partial charge is 0.0866 e. The highest BCUT2D eigenvalue weighted by Gasteiger charge is 2.29. The van der Waals surface area contributed by atoms with Gasteiger partial charge in [0.25, 0.3) is 0 Å². The van der Waals surface area contributed by atoms with Crippen molar-refractivity contribution in [2.24, 2.45) is 5.92 Å². The maximum atomic E-state index is 9.01. The number of nitrogens with one attached hydrogen (secondary N) is 1. The molecule has 1 aliphatic carbocycles. The van der Waals surface area contributed by atoms with Crippen molar-refractivity contribution in [1.29, 1.82) is 5.26 Å². The minimum atomic E-state index is 0.541. The molecule has 2 heterocycles. The van der Waals surface area contributed by atoms with E-state index in [2.05, 4.69) is 33.8 Å². The van der Waals surface area contributed by atoms with Gasteiger partial charge in [0, 0.05) is 29.9 Å². The zero-order chi connectivity index (χ0) is 14.5. The minimum Gasteiger partial charge on any atom is -0.312 e. The summed E-state index contributed by atoms with van der Waals surface area (Å²) in [5.41, 5.74) is 0. The number of hydrogen-bond donors (Lipinski definition) is 1. The Kier molecular flexibility index (Phi) is 5.29. The fraction of sp³-hybridized carbons (Fsp3) is 0.706. The fourth-order valence-electron chi connectivity index (χ4n) is 3.84. The van der Waals surface area contributed by atoms with Crippen LogP contribution in [-0.2, 0) is 0 Å². The SMILES string of the molecule is N#CCN1CC(NCC2CCCC2)CC(c2cccs2)C1. The average molecular weight is 303 g/mol. The van der Waals surface area contributed by atoms with E-state index in [1.165, 1.54) is 43.5 Å². The second-order valence-electron chi connectivity index (χ2n) is 6.56. The highest BCUT2D eigenvalue weighted by Crippen LogP contribution is 2.30. The zero-order valence-corrected chi connectivity index (χ0v) is 13.4. The number of thiophene rings is 1. The Morgan fingerprint density at radius 2 is 2.19 bits per heavy atom. The van der Waals surface area contributed by atoms with E-state index in [-0.39, 0.29) is 0 Å². The molecule has 2 atom stereocenters.